The lowest BCUT2D eigenvalue weighted by Crippen LogP contribution is -2.38. The van der Waals surface area contributed by atoms with Gasteiger partial charge in [0.25, 0.3) is 0 Å². The van der Waals surface area contributed by atoms with Crippen molar-refractivity contribution >= 4 is 27.7 Å². The van der Waals surface area contributed by atoms with Crippen molar-refractivity contribution in [3.63, 3.8) is 0 Å². The van der Waals surface area contributed by atoms with E-state index in [-0.39, 0.29) is 23.1 Å². The fraction of sp³-hybridized carbons (Fsp3) is 0.182. The zero-order valence-corrected chi connectivity index (χ0v) is 17.8. The molecule has 1 fully saturated rings. The third-order valence-electron chi connectivity index (χ3n) is 4.88. The Morgan fingerprint density at radius 3 is 2.27 bits per heavy atom. The fourth-order valence-corrected chi connectivity index (χ4v) is 5.81. The smallest absolute Gasteiger partial charge is 0.245 e. The fourth-order valence-electron chi connectivity index (χ4n) is 3.47. The molecule has 0 unspecified atom stereocenters. The van der Waals surface area contributed by atoms with Crippen LogP contribution >= 0.6 is 11.8 Å². The Bertz CT molecular complexity index is 1090. The summed E-state index contributed by atoms with van der Waals surface area (Å²) in [6.07, 6.45) is 1.01. The van der Waals surface area contributed by atoms with E-state index < -0.39 is 16.2 Å². The molecular weight excluding hydrogens is 418 g/mol. The van der Waals surface area contributed by atoms with Crippen LogP contribution in [0, 0.1) is 0 Å². The SMILES string of the molecule is O=C(CSc1ccccn1)N1CCN(S(=O)(=O)c2ccccc2)[C@H]1c1ccccc1. The van der Waals surface area contributed by atoms with Gasteiger partial charge in [-0.15, -0.1) is 0 Å². The van der Waals surface area contributed by atoms with Gasteiger partial charge >= 0.3 is 0 Å². The van der Waals surface area contributed by atoms with Crippen LogP contribution in [0.4, 0.5) is 0 Å². The molecule has 2 heterocycles. The first kappa shape index (κ1) is 20.6. The summed E-state index contributed by atoms with van der Waals surface area (Å²) in [5, 5.41) is 0.759. The largest absolute Gasteiger partial charge is 0.320 e. The normalized spacial score (nSPS) is 17.2. The van der Waals surface area contributed by atoms with E-state index in [0.29, 0.717) is 6.54 Å². The van der Waals surface area contributed by atoms with Crippen LogP contribution in [0.1, 0.15) is 11.7 Å². The number of aromatic nitrogens is 1. The average Bonchev–Trinajstić information content (AvgIpc) is 3.26. The van der Waals surface area contributed by atoms with Crippen molar-refractivity contribution in [2.24, 2.45) is 0 Å². The summed E-state index contributed by atoms with van der Waals surface area (Å²) in [6.45, 7) is 0.587. The number of pyridine rings is 1. The molecule has 0 spiro atoms. The van der Waals surface area contributed by atoms with Gasteiger partial charge in [0.05, 0.1) is 15.7 Å². The lowest BCUT2D eigenvalue weighted by molar-refractivity contribution is -0.130. The molecule has 8 heteroatoms. The molecule has 0 N–H and O–H groups in total. The summed E-state index contributed by atoms with van der Waals surface area (Å²) in [5.41, 5.74) is 0.769. The maximum Gasteiger partial charge on any atom is 0.245 e. The topological polar surface area (TPSA) is 70.6 Å². The summed E-state index contributed by atoms with van der Waals surface area (Å²) >= 11 is 1.35. The lowest BCUT2D eigenvalue weighted by atomic mass is 10.1. The van der Waals surface area contributed by atoms with Crippen LogP contribution in [0.5, 0.6) is 0 Å². The van der Waals surface area contributed by atoms with Crippen LogP contribution in [0.25, 0.3) is 0 Å². The highest BCUT2D eigenvalue weighted by molar-refractivity contribution is 7.99. The molecule has 0 aliphatic carbocycles. The molecule has 0 saturated carbocycles. The zero-order chi connectivity index (χ0) is 21.0. The molecule has 30 heavy (non-hydrogen) atoms. The van der Waals surface area contributed by atoms with Gasteiger partial charge in [0.15, 0.2) is 0 Å². The number of sulfonamides is 1. The van der Waals surface area contributed by atoms with Crippen molar-refractivity contribution < 1.29 is 13.2 Å². The van der Waals surface area contributed by atoms with Crippen LogP contribution in [0.2, 0.25) is 0 Å². The summed E-state index contributed by atoms with van der Waals surface area (Å²) in [6, 6.07) is 23.2. The predicted octanol–water partition coefficient (Wildman–Crippen LogP) is 3.41. The highest BCUT2D eigenvalue weighted by Gasteiger charge is 2.42. The Balaban J connectivity index is 1.62. The first-order valence-corrected chi connectivity index (χ1v) is 11.9. The van der Waals surface area contributed by atoms with Gasteiger partial charge in [-0.05, 0) is 29.8 Å². The Morgan fingerprint density at radius 1 is 0.933 bits per heavy atom. The van der Waals surface area contributed by atoms with Gasteiger partial charge in [-0.2, -0.15) is 4.31 Å². The van der Waals surface area contributed by atoms with E-state index >= 15 is 0 Å². The summed E-state index contributed by atoms with van der Waals surface area (Å²) < 4.78 is 28.1. The Hall–Kier alpha value is -2.68. The first-order chi connectivity index (χ1) is 14.6. The number of carbonyl (C=O) groups excluding carboxylic acids is 1. The van der Waals surface area contributed by atoms with E-state index in [1.165, 1.54) is 16.1 Å². The van der Waals surface area contributed by atoms with Crippen molar-refractivity contribution in [3.05, 3.63) is 90.6 Å². The van der Waals surface area contributed by atoms with E-state index in [0.717, 1.165) is 10.6 Å². The van der Waals surface area contributed by atoms with Crippen molar-refractivity contribution in [2.45, 2.75) is 16.1 Å². The molecule has 1 saturated heterocycles. The number of rotatable bonds is 6. The standard InChI is InChI=1S/C22H21N3O3S2/c26-21(17-29-20-13-7-8-14-23-20)24-15-16-25(22(24)18-9-3-1-4-10-18)30(27,28)19-11-5-2-6-12-19/h1-14,22H,15-17H2/t22-/m0/s1. The van der Waals surface area contributed by atoms with Gasteiger partial charge in [0.1, 0.15) is 6.17 Å². The van der Waals surface area contributed by atoms with Crippen molar-refractivity contribution in [1.82, 2.24) is 14.2 Å². The van der Waals surface area contributed by atoms with Crippen molar-refractivity contribution in [2.75, 3.05) is 18.8 Å². The molecule has 1 atom stereocenters. The third kappa shape index (κ3) is 4.26. The first-order valence-electron chi connectivity index (χ1n) is 9.52. The van der Waals surface area contributed by atoms with Gasteiger partial charge in [0, 0.05) is 19.3 Å². The monoisotopic (exact) mass is 439 g/mol. The predicted molar refractivity (Wildman–Crippen MR) is 116 cm³/mol. The maximum absolute atomic E-state index is 13.3. The van der Waals surface area contributed by atoms with Gasteiger partial charge < -0.3 is 4.90 Å². The molecule has 1 aromatic heterocycles. The second-order valence-electron chi connectivity index (χ2n) is 6.76. The van der Waals surface area contributed by atoms with E-state index in [1.54, 1.807) is 41.4 Å². The number of carbonyl (C=O) groups is 1. The molecule has 3 aromatic rings. The molecule has 1 aliphatic heterocycles. The van der Waals surface area contributed by atoms with Gasteiger partial charge in [-0.1, -0.05) is 66.4 Å². The number of benzene rings is 2. The summed E-state index contributed by atoms with van der Waals surface area (Å²) in [4.78, 5) is 19.2. The van der Waals surface area contributed by atoms with E-state index in [1.807, 2.05) is 48.5 Å². The van der Waals surface area contributed by atoms with Crippen LogP contribution in [0.15, 0.2) is 95.0 Å². The van der Waals surface area contributed by atoms with Crippen LogP contribution in [-0.2, 0) is 14.8 Å². The molecule has 154 valence electrons. The molecule has 0 radical (unpaired) electrons. The van der Waals surface area contributed by atoms with Crippen molar-refractivity contribution in [1.29, 1.82) is 0 Å². The average molecular weight is 440 g/mol. The van der Waals surface area contributed by atoms with Gasteiger partial charge in [-0.3, -0.25) is 4.79 Å². The summed E-state index contributed by atoms with van der Waals surface area (Å²) in [7, 11) is -3.75. The number of thioether (sulfide) groups is 1. The molecule has 0 bridgehead atoms. The second-order valence-corrected chi connectivity index (χ2v) is 9.64. The lowest BCUT2D eigenvalue weighted by Gasteiger charge is -2.30. The Labute approximate surface area is 180 Å². The third-order valence-corrected chi connectivity index (χ3v) is 7.67. The molecule has 1 aliphatic rings. The highest BCUT2D eigenvalue weighted by Crippen LogP contribution is 2.35. The molecular formula is C22H21N3O3S2. The molecule has 2 aromatic carbocycles. The maximum atomic E-state index is 13.3. The molecule has 1 amide bonds. The van der Waals surface area contributed by atoms with Crippen LogP contribution in [-0.4, -0.2) is 47.4 Å². The number of nitrogens with zero attached hydrogens (tertiary/aromatic N) is 3. The summed E-state index contributed by atoms with van der Waals surface area (Å²) in [5.74, 6) is 0.0739. The van der Waals surface area contributed by atoms with Crippen LogP contribution in [0.3, 0.4) is 0 Å². The van der Waals surface area contributed by atoms with E-state index in [2.05, 4.69) is 4.98 Å². The minimum absolute atomic E-state index is 0.120. The van der Waals surface area contributed by atoms with Gasteiger partial charge in [0.2, 0.25) is 15.9 Å². The number of hydrogen-bond donors (Lipinski definition) is 0. The van der Waals surface area contributed by atoms with Crippen LogP contribution < -0.4 is 0 Å². The van der Waals surface area contributed by atoms with E-state index in [4.69, 9.17) is 0 Å². The Kier molecular flexibility index (Phi) is 6.17. The molecule has 4 rings (SSSR count). The van der Waals surface area contributed by atoms with Crippen molar-refractivity contribution in [3.8, 4) is 0 Å². The van der Waals surface area contributed by atoms with E-state index in [9.17, 15) is 13.2 Å². The minimum atomic E-state index is -3.75. The van der Waals surface area contributed by atoms with Gasteiger partial charge in [-0.25, -0.2) is 13.4 Å². The molecule has 6 nitrogen and oxygen atoms in total. The number of amides is 1. The second kappa shape index (κ2) is 8.99. The quantitative estimate of drug-likeness (QED) is 0.551. The zero-order valence-electron chi connectivity index (χ0n) is 16.2. The Morgan fingerprint density at radius 2 is 1.60 bits per heavy atom. The number of hydrogen-bond acceptors (Lipinski definition) is 5. The highest BCUT2D eigenvalue weighted by atomic mass is 32.2. The minimum Gasteiger partial charge on any atom is -0.320 e.